The van der Waals surface area contributed by atoms with Gasteiger partial charge in [-0.3, -0.25) is 9.78 Å². The Hall–Kier alpha value is -2.49. The number of nitrogens with one attached hydrogen (secondary N) is 2. The van der Waals surface area contributed by atoms with E-state index >= 15 is 0 Å². The van der Waals surface area contributed by atoms with Gasteiger partial charge in [-0.05, 0) is 19.1 Å². The smallest absolute Gasteiger partial charge is 0.459 e. The zero-order valence-corrected chi connectivity index (χ0v) is 13.4. The molecule has 0 bridgehead atoms. The van der Waals surface area contributed by atoms with Gasteiger partial charge >= 0.3 is 18.1 Å². The van der Waals surface area contributed by atoms with Crippen LogP contribution in [0.1, 0.15) is 29.4 Å². The zero-order valence-electron chi connectivity index (χ0n) is 13.4. The van der Waals surface area contributed by atoms with Crippen LogP contribution in [-0.4, -0.2) is 48.5 Å². The number of amides is 1. The molecular formula is C15H18F3N3O4. The SMILES string of the molecule is CC(CCNC(=O)C(F)(F)F)OC(=O)c1ccnc(CNCC=O)c1. The fourth-order valence-corrected chi connectivity index (χ4v) is 1.76. The maximum Gasteiger partial charge on any atom is 0.471 e. The van der Waals surface area contributed by atoms with E-state index < -0.39 is 24.2 Å². The summed E-state index contributed by atoms with van der Waals surface area (Å²) >= 11 is 0. The lowest BCUT2D eigenvalue weighted by atomic mass is 10.2. The molecule has 0 radical (unpaired) electrons. The fourth-order valence-electron chi connectivity index (χ4n) is 1.76. The number of nitrogens with zero attached hydrogens (tertiary/aromatic N) is 1. The van der Waals surface area contributed by atoms with Gasteiger partial charge in [-0.15, -0.1) is 0 Å². The summed E-state index contributed by atoms with van der Waals surface area (Å²) in [6.07, 6.45) is -3.50. The molecule has 0 aliphatic rings. The van der Waals surface area contributed by atoms with Crippen molar-refractivity contribution in [1.29, 1.82) is 0 Å². The molecule has 10 heteroatoms. The van der Waals surface area contributed by atoms with Crippen molar-refractivity contribution in [2.24, 2.45) is 0 Å². The zero-order chi connectivity index (χ0) is 18.9. The van der Waals surface area contributed by atoms with E-state index in [1.165, 1.54) is 25.3 Å². The number of pyridine rings is 1. The molecule has 1 aromatic rings. The van der Waals surface area contributed by atoms with Crippen molar-refractivity contribution in [3.63, 3.8) is 0 Å². The average molecular weight is 361 g/mol. The monoisotopic (exact) mass is 361 g/mol. The van der Waals surface area contributed by atoms with Gasteiger partial charge in [0.25, 0.3) is 0 Å². The lowest BCUT2D eigenvalue weighted by Gasteiger charge is -2.14. The Bertz CT molecular complexity index is 608. The van der Waals surface area contributed by atoms with Crippen LogP contribution in [0.3, 0.4) is 0 Å². The number of hydrogen-bond acceptors (Lipinski definition) is 6. The molecule has 0 saturated heterocycles. The van der Waals surface area contributed by atoms with Gasteiger partial charge in [0.15, 0.2) is 0 Å². The molecule has 1 atom stereocenters. The minimum Gasteiger partial charge on any atom is -0.459 e. The Morgan fingerprint density at radius 1 is 1.40 bits per heavy atom. The molecule has 0 aromatic carbocycles. The molecule has 0 saturated carbocycles. The number of carbonyl (C=O) groups excluding carboxylic acids is 3. The maximum absolute atomic E-state index is 12.0. The van der Waals surface area contributed by atoms with E-state index in [9.17, 15) is 27.6 Å². The predicted octanol–water partition coefficient (Wildman–Crippen LogP) is 0.984. The van der Waals surface area contributed by atoms with E-state index in [4.69, 9.17) is 4.74 Å². The first kappa shape index (κ1) is 20.6. The number of carbonyl (C=O) groups is 3. The van der Waals surface area contributed by atoms with Gasteiger partial charge in [0.2, 0.25) is 0 Å². The third kappa shape index (κ3) is 7.75. The van der Waals surface area contributed by atoms with Crippen molar-refractivity contribution in [3.8, 4) is 0 Å². The molecule has 1 unspecified atom stereocenters. The average Bonchev–Trinajstić information content (AvgIpc) is 2.54. The van der Waals surface area contributed by atoms with E-state index in [-0.39, 0.29) is 25.1 Å². The Morgan fingerprint density at radius 2 is 2.12 bits per heavy atom. The quantitative estimate of drug-likeness (QED) is 0.387. The van der Waals surface area contributed by atoms with Crippen LogP contribution < -0.4 is 10.6 Å². The Balaban J connectivity index is 2.45. The summed E-state index contributed by atoms with van der Waals surface area (Å²) in [5.74, 6) is -2.69. The molecular weight excluding hydrogens is 343 g/mol. The van der Waals surface area contributed by atoms with Gasteiger partial charge in [0, 0.05) is 25.7 Å². The van der Waals surface area contributed by atoms with Crippen LogP contribution in [0.4, 0.5) is 13.2 Å². The summed E-state index contributed by atoms with van der Waals surface area (Å²) in [7, 11) is 0. The minimum absolute atomic E-state index is 0.0341. The highest BCUT2D eigenvalue weighted by Crippen LogP contribution is 2.14. The highest BCUT2D eigenvalue weighted by molar-refractivity contribution is 5.89. The van der Waals surface area contributed by atoms with Crippen molar-refractivity contribution < 1.29 is 32.3 Å². The van der Waals surface area contributed by atoms with Gasteiger partial charge in [-0.2, -0.15) is 13.2 Å². The second kappa shape index (κ2) is 9.72. The highest BCUT2D eigenvalue weighted by atomic mass is 19.4. The number of alkyl halides is 3. The summed E-state index contributed by atoms with van der Waals surface area (Å²) in [4.78, 5) is 36.9. The Kier molecular flexibility index (Phi) is 7.99. The third-order valence-corrected chi connectivity index (χ3v) is 2.99. The number of rotatable bonds is 9. The normalized spacial score (nSPS) is 12.3. The molecule has 1 aromatic heterocycles. The van der Waals surface area contributed by atoms with Crippen molar-refractivity contribution in [3.05, 3.63) is 29.6 Å². The fraction of sp³-hybridized carbons (Fsp3) is 0.467. The molecule has 138 valence electrons. The topological polar surface area (TPSA) is 97.4 Å². The van der Waals surface area contributed by atoms with E-state index in [0.29, 0.717) is 18.5 Å². The summed E-state index contributed by atoms with van der Waals surface area (Å²) < 4.78 is 41.2. The summed E-state index contributed by atoms with van der Waals surface area (Å²) in [5.41, 5.74) is 0.755. The molecule has 0 spiro atoms. The van der Waals surface area contributed by atoms with Crippen LogP contribution in [0.5, 0.6) is 0 Å². The van der Waals surface area contributed by atoms with Crippen LogP contribution in [-0.2, 0) is 20.9 Å². The van der Waals surface area contributed by atoms with Crippen LogP contribution in [0.2, 0.25) is 0 Å². The van der Waals surface area contributed by atoms with Crippen molar-refractivity contribution in [2.75, 3.05) is 13.1 Å². The number of aldehydes is 1. The standard InChI is InChI=1S/C15H18F3N3O4/c1-10(2-4-21-14(24)15(16,17)18)25-13(23)11-3-5-20-12(8-11)9-19-6-7-22/h3,5,7-8,10,19H,2,4,6,9H2,1H3,(H,21,24). The summed E-state index contributed by atoms with van der Waals surface area (Å²) in [5, 5.41) is 4.50. The predicted molar refractivity (Wildman–Crippen MR) is 80.6 cm³/mol. The van der Waals surface area contributed by atoms with Gasteiger partial charge in [0.1, 0.15) is 12.4 Å². The van der Waals surface area contributed by atoms with Crippen molar-refractivity contribution >= 4 is 18.2 Å². The molecule has 1 heterocycles. The van der Waals surface area contributed by atoms with E-state index in [2.05, 4.69) is 10.3 Å². The molecule has 0 aliphatic heterocycles. The third-order valence-electron chi connectivity index (χ3n) is 2.99. The van der Waals surface area contributed by atoms with Crippen LogP contribution in [0.25, 0.3) is 0 Å². The number of esters is 1. The minimum atomic E-state index is -4.94. The largest absolute Gasteiger partial charge is 0.471 e. The second-order valence-corrected chi connectivity index (χ2v) is 5.09. The van der Waals surface area contributed by atoms with Gasteiger partial charge in [-0.25, -0.2) is 4.79 Å². The first-order valence-corrected chi connectivity index (χ1v) is 7.39. The number of hydrogen-bond donors (Lipinski definition) is 2. The molecule has 1 amide bonds. The van der Waals surface area contributed by atoms with Crippen LogP contribution >= 0.6 is 0 Å². The van der Waals surface area contributed by atoms with E-state index in [1.807, 2.05) is 0 Å². The molecule has 7 nitrogen and oxygen atoms in total. The molecule has 25 heavy (non-hydrogen) atoms. The van der Waals surface area contributed by atoms with Gasteiger partial charge < -0.3 is 20.2 Å². The lowest BCUT2D eigenvalue weighted by molar-refractivity contribution is -0.173. The highest BCUT2D eigenvalue weighted by Gasteiger charge is 2.38. The van der Waals surface area contributed by atoms with Crippen LogP contribution in [0.15, 0.2) is 18.3 Å². The Labute approximate surface area is 141 Å². The van der Waals surface area contributed by atoms with Crippen molar-refractivity contribution in [1.82, 2.24) is 15.6 Å². The van der Waals surface area contributed by atoms with Gasteiger partial charge in [0.05, 0.1) is 17.8 Å². The number of ether oxygens (including phenoxy) is 1. The van der Waals surface area contributed by atoms with E-state index in [0.717, 1.165) is 0 Å². The van der Waals surface area contributed by atoms with Gasteiger partial charge in [-0.1, -0.05) is 0 Å². The molecule has 0 fully saturated rings. The molecule has 0 aliphatic carbocycles. The lowest BCUT2D eigenvalue weighted by Crippen LogP contribution is -2.38. The van der Waals surface area contributed by atoms with Crippen LogP contribution in [0, 0.1) is 0 Å². The summed E-state index contributed by atoms with van der Waals surface area (Å²) in [6.45, 7) is 1.67. The Morgan fingerprint density at radius 3 is 2.76 bits per heavy atom. The number of aromatic nitrogens is 1. The maximum atomic E-state index is 12.0. The number of halogens is 3. The molecule has 2 N–H and O–H groups in total. The molecule has 1 rings (SSSR count). The first-order chi connectivity index (χ1) is 11.7. The van der Waals surface area contributed by atoms with E-state index in [1.54, 1.807) is 5.32 Å². The summed E-state index contributed by atoms with van der Waals surface area (Å²) in [6, 6.07) is 2.92. The first-order valence-electron chi connectivity index (χ1n) is 7.39. The second-order valence-electron chi connectivity index (χ2n) is 5.09. The van der Waals surface area contributed by atoms with Crippen molar-refractivity contribution in [2.45, 2.75) is 32.2 Å².